The molecule has 1 rings (SSSR count). The molecule has 1 aromatic rings. The minimum atomic E-state index is -0.829. The van der Waals surface area contributed by atoms with Crippen LogP contribution in [0.15, 0.2) is 18.3 Å². The Morgan fingerprint density at radius 3 is 2.61 bits per heavy atom. The highest BCUT2D eigenvalue weighted by atomic mass is 19.1. The fourth-order valence-corrected chi connectivity index (χ4v) is 1.25. The molecule has 98 valence electrons. The Morgan fingerprint density at radius 2 is 2.11 bits per heavy atom. The van der Waals surface area contributed by atoms with Gasteiger partial charge in [-0.3, -0.25) is 9.59 Å². The topological polar surface area (TPSA) is 68.3 Å². The van der Waals surface area contributed by atoms with E-state index in [-0.39, 0.29) is 12.2 Å². The minimum Gasteiger partial charge on any atom is -0.469 e. The lowest BCUT2D eigenvalue weighted by Gasteiger charge is -2.21. The van der Waals surface area contributed by atoms with Crippen LogP contribution >= 0.6 is 0 Å². The summed E-state index contributed by atoms with van der Waals surface area (Å²) in [4.78, 5) is 26.7. The number of amides is 1. The lowest BCUT2D eigenvalue weighted by atomic mass is 9.94. The fraction of sp³-hybridized carbons (Fsp3) is 0.417. The van der Waals surface area contributed by atoms with Gasteiger partial charge in [-0.2, -0.15) is 0 Å². The number of nitrogens with one attached hydrogen (secondary N) is 1. The molecule has 1 aromatic heterocycles. The Bertz CT molecular complexity index is 443. The minimum absolute atomic E-state index is 0.0945. The van der Waals surface area contributed by atoms with Gasteiger partial charge in [-0.25, -0.2) is 9.37 Å². The molecule has 0 spiro atoms. The number of carbonyl (C=O) groups is 2. The molecule has 0 saturated carbocycles. The molecule has 1 N–H and O–H groups in total. The molecule has 0 bridgehead atoms. The van der Waals surface area contributed by atoms with Crippen molar-refractivity contribution in [2.45, 2.75) is 13.8 Å². The number of pyridine rings is 1. The van der Waals surface area contributed by atoms with Crippen molar-refractivity contribution >= 4 is 11.9 Å². The normalized spacial score (nSPS) is 10.9. The summed E-state index contributed by atoms with van der Waals surface area (Å²) in [5, 5.41) is 2.55. The predicted molar refractivity (Wildman–Crippen MR) is 62.3 cm³/mol. The Morgan fingerprint density at radius 1 is 1.44 bits per heavy atom. The summed E-state index contributed by atoms with van der Waals surface area (Å²) >= 11 is 0. The van der Waals surface area contributed by atoms with Crippen LogP contribution in [0.2, 0.25) is 0 Å². The van der Waals surface area contributed by atoms with Crippen LogP contribution in [0.4, 0.5) is 4.39 Å². The zero-order valence-corrected chi connectivity index (χ0v) is 10.5. The van der Waals surface area contributed by atoms with E-state index >= 15 is 0 Å². The third-order valence-electron chi connectivity index (χ3n) is 2.39. The van der Waals surface area contributed by atoms with E-state index in [1.807, 2.05) is 0 Å². The van der Waals surface area contributed by atoms with Gasteiger partial charge in [0.15, 0.2) is 0 Å². The first-order chi connectivity index (χ1) is 8.36. The number of aromatic nitrogens is 1. The second-order valence-corrected chi connectivity index (χ2v) is 4.42. The molecule has 0 fully saturated rings. The van der Waals surface area contributed by atoms with E-state index in [4.69, 9.17) is 0 Å². The average molecular weight is 254 g/mol. The van der Waals surface area contributed by atoms with Crippen LogP contribution < -0.4 is 5.32 Å². The Balaban J connectivity index is 2.61. The van der Waals surface area contributed by atoms with Crippen molar-refractivity contribution < 1.29 is 18.7 Å². The summed E-state index contributed by atoms with van der Waals surface area (Å²) in [7, 11) is 1.29. The Kier molecular flexibility index (Phi) is 4.36. The number of halogens is 1. The first-order valence-electron chi connectivity index (χ1n) is 5.35. The van der Waals surface area contributed by atoms with E-state index < -0.39 is 23.1 Å². The molecule has 1 heterocycles. The van der Waals surface area contributed by atoms with Crippen molar-refractivity contribution in [3.05, 3.63) is 29.8 Å². The second kappa shape index (κ2) is 5.57. The summed E-state index contributed by atoms with van der Waals surface area (Å²) in [5.41, 5.74) is -0.734. The quantitative estimate of drug-likeness (QED) is 0.818. The largest absolute Gasteiger partial charge is 0.469 e. The number of methoxy groups -OCH3 is 1. The van der Waals surface area contributed by atoms with Crippen LogP contribution in [0, 0.1) is 11.2 Å². The molecule has 0 aliphatic carbocycles. The zero-order chi connectivity index (χ0) is 13.8. The zero-order valence-electron chi connectivity index (χ0n) is 10.5. The summed E-state index contributed by atoms with van der Waals surface area (Å²) in [6.07, 6.45) is 0.959. The van der Waals surface area contributed by atoms with Crippen LogP contribution in [0.5, 0.6) is 0 Å². The molecular formula is C12H15FN2O3. The Labute approximate surface area is 104 Å². The molecule has 0 unspecified atom stereocenters. The second-order valence-electron chi connectivity index (χ2n) is 4.42. The van der Waals surface area contributed by atoms with Crippen molar-refractivity contribution in [2.24, 2.45) is 5.41 Å². The molecule has 0 aliphatic heterocycles. The van der Waals surface area contributed by atoms with E-state index in [2.05, 4.69) is 15.0 Å². The van der Waals surface area contributed by atoms with E-state index in [0.717, 1.165) is 12.3 Å². The maximum atomic E-state index is 12.6. The summed E-state index contributed by atoms with van der Waals surface area (Å²) in [6.45, 7) is 3.41. The number of rotatable bonds is 4. The van der Waals surface area contributed by atoms with Gasteiger partial charge in [0.2, 0.25) is 0 Å². The van der Waals surface area contributed by atoms with Gasteiger partial charge in [0.05, 0.1) is 18.7 Å². The molecule has 5 nitrogen and oxygen atoms in total. The highest BCUT2D eigenvalue weighted by Crippen LogP contribution is 2.15. The summed E-state index contributed by atoms with van der Waals surface area (Å²) in [6, 6.07) is 2.42. The number of esters is 1. The predicted octanol–water partition coefficient (Wildman–Crippen LogP) is 1.15. The van der Waals surface area contributed by atoms with Crippen LogP contribution in [0.3, 0.4) is 0 Å². The maximum Gasteiger partial charge on any atom is 0.313 e. The first-order valence-corrected chi connectivity index (χ1v) is 5.35. The van der Waals surface area contributed by atoms with Gasteiger partial charge in [0, 0.05) is 6.54 Å². The highest BCUT2D eigenvalue weighted by molar-refractivity contribution is 5.92. The third kappa shape index (κ3) is 3.51. The summed E-state index contributed by atoms with van der Waals surface area (Å²) in [5.74, 6) is -1.40. The maximum absolute atomic E-state index is 12.6. The van der Waals surface area contributed by atoms with E-state index in [1.165, 1.54) is 13.2 Å². The number of hydrogen-bond acceptors (Lipinski definition) is 4. The molecule has 0 atom stereocenters. The molecule has 0 aliphatic rings. The van der Waals surface area contributed by atoms with Gasteiger partial charge in [0.25, 0.3) is 5.91 Å². The van der Waals surface area contributed by atoms with Gasteiger partial charge in [0.1, 0.15) is 11.5 Å². The fourth-order valence-electron chi connectivity index (χ4n) is 1.25. The lowest BCUT2D eigenvalue weighted by Crippen LogP contribution is -2.39. The molecule has 1 amide bonds. The van der Waals surface area contributed by atoms with Crippen molar-refractivity contribution in [1.82, 2.24) is 10.3 Å². The van der Waals surface area contributed by atoms with E-state index in [9.17, 15) is 14.0 Å². The molecule has 0 radical (unpaired) electrons. The van der Waals surface area contributed by atoms with Crippen LogP contribution in [-0.4, -0.2) is 30.5 Å². The van der Waals surface area contributed by atoms with Crippen molar-refractivity contribution in [2.75, 3.05) is 13.7 Å². The number of carbonyl (C=O) groups excluding carboxylic acids is 2. The molecular weight excluding hydrogens is 239 g/mol. The van der Waals surface area contributed by atoms with Gasteiger partial charge in [-0.15, -0.1) is 0 Å². The monoisotopic (exact) mass is 254 g/mol. The van der Waals surface area contributed by atoms with Crippen LogP contribution in [0.25, 0.3) is 0 Å². The van der Waals surface area contributed by atoms with Crippen LogP contribution in [0.1, 0.15) is 24.3 Å². The first kappa shape index (κ1) is 14.1. The van der Waals surface area contributed by atoms with Crippen molar-refractivity contribution in [1.29, 1.82) is 0 Å². The average Bonchev–Trinajstić information content (AvgIpc) is 2.35. The smallest absolute Gasteiger partial charge is 0.313 e. The van der Waals surface area contributed by atoms with Gasteiger partial charge in [-0.05, 0) is 26.0 Å². The van der Waals surface area contributed by atoms with Gasteiger partial charge >= 0.3 is 5.97 Å². The number of nitrogens with zero attached hydrogens (tertiary/aromatic N) is 1. The van der Waals surface area contributed by atoms with Crippen LogP contribution in [-0.2, 0) is 9.53 Å². The van der Waals surface area contributed by atoms with E-state index in [0.29, 0.717) is 0 Å². The van der Waals surface area contributed by atoms with Crippen molar-refractivity contribution in [3.63, 3.8) is 0 Å². The standard InChI is InChI=1S/C12H15FN2O3/c1-12(2,11(17)18-3)7-15-10(16)9-5-4-8(13)6-14-9/h4-6H,7H2,1-3H3,(H,15,16). The lowest BCUT2D eigenvalue weighted by molar-refractivity contribution is -0.150. The third-order valence-corrected chi connectivity index (χ3v) is 2.39. The van der Waals surface area contributed by atoms with Crippen molar-refractivity contribution in [3.8, 4) is 0 Å². The number of hydrogen-bond donors (Lipinski definition) is 1. The van der Waals surface area contributed by atoms with Gasteiger partial charge < -0.3 is 10.1 Å². The SMILES string of the molecule is COC(=O)C(C)(C)CNC(=O)c1ccc(F)cn1. The molecule has 0 aromatic carbocycles. The molecule has 6 heteroatoms. The Hall–Kier alpha value is -1.98. The van der Waals surface area contributed by atoms with E-state index in [1.54, 1.807) is 13.8 Å². The number of ether oxygens (including phenoxy) is 1. The molecule has 0 saturated heterocycles. The molecule has 18 heavy (non-hydrogen) atoms. The summed E-state index contributed by atoms with van der Waals surface area (Å²) < 4.78 is 17.2. The highest BCUT2D eigenvalue weighted by Gasteiger charge is 2.29. The van der Waals surface area contributed by atoms with Gasteiger partial charge in [-0.1, -0.05) is 0 Å².